The molecule has 1 rings (SSSR count). The molecule has 1 atom stereocenters. The number of nitrogens with one attached hydrogen (secondary N) is 1. The molecule has 19 heavy (non-hydrogen) atoms. The number of amides is 1. The Morgan fingerprint density at radius 1 is 1.47 bits per heavy atom. The smallest absolute Gasteiger partial charge is 0.308 e. The number of pyridine rings is 1. The van der Waals surface area contributed by atoms with Crippen molar-refractivity contribution in [2.24, 2.45) is 5.92 Å². The van der Waals surface area contributed by atoms with E-state index in [4.69, 9.17) is 5.11 Å². The van der Waals surface area contributed by atoms with Gasteiger partial charge in [0.15, 0.2) is 0 Å². The van der Waals surface area contributed by atoms with Crippen LogP contribution in [0, 0.1) is 5.92 Å². The molecule has 0 fully saturated rings. The molecule has 0 spiro atoms. The fourth-order valence-corrected chi connectivity index (χ4v) is 1.53. The van der Waals surface area contributed by atoms with Gasteiger partial charge in [-0.3, -0.25) is 9.59 Å². The predicted molar refractivity (Wildman–Crippen MR) is 72.3 cm³/mol. The van der Waals surface area contributed by atoms with Crippen LogP contribution in [0.25, 0.3) is 0 Å². The van der Waals surface area contributed by atoms with Crippen molar-refractivity contribution >= 4 is 17.7 Å². The fraction of sp³-hybridized carbons (Fsp3) is 0.462. The maximum atomic E-state index is 11.9. The highest BCUT2D eigenvalue weighted by Gasteiger charge is 2.16. The number of rotatable bonds is 6. The lowest BCUT2D eigenvalue weighted by Crippen LogP contribution is -2.32. The summed E-state index contributed by atoms with van der Waals surface area (Å²) >= 11 is 0. The molecule has 1 amide bonds. The monoisotopic (exact) mass is 265 g/mol. The Balaban J connectivity index is 2.68. The quantitative estimate of drug-likeness (QED) is 0.801. The van der Waals surface area contributed by atoms with Crippen LogP contribution in [0.15, 0.2) is 18.3 Å². The molecule has 0 saturated carbocycles. The third kappa shape index (κ3) is 4.24. The zero-order chi connectivity index (χ0) is 14.4. The first-order valence-electron chi connectivity index (χ1n) is 6.10. The number of aliphatic carboxylic acids is 1. The summed E-state index contributed by atoms with van der Waals surface area (Å²) in [4.78, 5) is 28.7. The molecule has 0 bridgehead atoms. The Morgan fingerprint density at radius 3 is 2.68 bits per heavy atom. The predicted octanol–water partition coefficient (Wildman–Crippen LogP) is 0.988. The summed E-state index contributed by atoms with van der Waals surface area (Å²) in [5, 5.41) is 11.5. The highest BCUT2D eigenvalue weighted by atomic mass is 16.4. The van der Waals surface area contributed by atoms with E-state index >= 15 is 0 Å². The maximum Gasteiger partial charge on any atom is 0.308 e. The molecule has 1 aromatic heterocycles. The molecule has 6 heteroatoms. The first kappa shape index (κ1) is 14.9. The summed E-state index contributed by atoms with van der Waals surface area (Å²) < 4.78 is 0. The second kappa shape index (κ2) is 6.72. The Hall–Kier alpha value is -2.11. The van der Waals surface area contributed by atoms with Gasteiger partial charge in [0.1, 0.15) is 5.82 Å². The van der Waals surface area contributed by atoms with Gasteiger partial charge in [-0.1, -0.05) is 6.92 Å². The zero-order valence-electron chi connectivity index (χ0n) is 11.4. The number of aromatic nitrogens is 1. The normalized spacial score (nSPS) is 11.7. The van der Waals surface area contributed by atoms with Gasteiger partial charge >= 0.3 is 5.97 Å². The molecule has 1 heterocycles. The molecular formula is C13H19N3O3. The van der Waals surface area contributed by atoms with Crippen molar-refractivity contribution < 1.29 is 14.7 Å². The number of carbonyl (C=O) groups is 2. The average molecular weight is 265 g/mol. The topological polar surface area (TPSA) is 82.5 Å². The van der Waals surface area contributed by atoms with Crippen LogP contribution >= 0.6 is 0 Å². The van der Waals surface area contributed by atoms with Crippen molar-refractivity contribution in [1.82, 2.24) is 10.3 Å². The lowest BCUT2D eigenvalue weighted by Gasteiger charge is -2.13. The SMILES string of the molecule is CCC(CNC(=O)c1ccnc(N(C)C)c1)C(=O)O. The summed E-state index contributed by atoms with van der Waals surface area (Å²) in [6.07, 6.45) is 2.04. The highest BCUT2D eigenvalue weighted by Crippen LogP contribution is 2.09. The van der Waals surface area contributed by atoms with Crippen molar-refractivity contribution in [3.05, 3.63) is 23.9 Å². The van der Waals surface area contributed by atoms with Gasteiger partial charge in [-0.25, -0.2) is 4.98 Å². The first-order chi connectivity index (χ1) is 8.95. The summed E-state index contributed by atoms with van der Waals surface area (Å²) in [6, 6.07) is 3.26. The van der Waals surface area contributed by atoms with Crippen molar-refractivity contribution in [2.45, 2.75) is 13.3 Å². The number of carboxylic acids is 1. The Labute approximate surface area is 112 Å². The van der Waals surface area contributed by atoms with E-state index in [9.17, 15) is 9.59 Å². The van der Waals surface area contributed by atoms with Crippen LogP contribution in [0.1, 0.15) is 23.7 Å². The molecule has 0 saturated heterocycles. The van der Waals surface area contributed by atoms with E-state index in [1.807, 2.05) is 14.1 Å². The molecule has 104 valence electrons. The lowest BCUT2D eigenvalue weighted by atomic mass is 10.1. The van der Waals surface area contributed by atoms with E-state index in [1.54, 1.807) is 30.2 Å². The van der Waals surface area contributed by atoms with Gasteiger partial charge < -0.3 is 15.3 Å². The van der Waals surface area contributed by atoms with Crippen LogP contribution in [0.4, 0.5) is 5.82 Å². The minimum atomic E-state index is -0.897. The second-order valence-electron chi connectivity index (χ2n) is 4.45. The van der Waals surface area contributed by atoms with Crippen LogP contribution in [-0.4, -0.2) is 42.6 Å². The van der Waals surface area contributed by atoms with Crippen molar-refractivity contribution in [1.29, 1.82) is 0 Å². The molecular weight excluding hydrogens is 246 g/mol. The van der Waals surface area contributed by atoms with E-state index in [0.717, 1.165) is 0 Å². The number of anilines is 1. The van der Waals surface area contributed by atoms with Crippen LogP contribution in [0.3, 0.4) is 0 Å². The van der Waals surface area contributed by atoms with Gasteiger partial charge in [0.05, 0.1) is 5.92 Å². The second-order valence-corrected chi connectivity index (χ2v) is 4.45. The maximum absolute atomic E-state index is 11.9. The fourth-order valence-electron chi connectivity index (χ4n) is 1.53. The molecule has 1 unspecified atom stereocenters. The van der Waals surface area contributed by atoms with Crippen molar-refractivity contribution in [3.8, 4) is 0 Å². The van der Waals surface area contributed by atoms with Crippen LogP contribution in [0.5, 0.6) is 0 Å². The Bertz CT molecular complexity index is 460. The molecule has 0 aliphatic rings. The highest BCUT2D eigenvalue weighted by molar-refractivity contribution is 5.95. The van der Waals surface area contributed by atoms with Crippen molar-refractivity contribution in [2.75, 3.05) is 25.5 Å². The number of hydrogen-bond donors (Lipinski definition) is 2. The standard InChI is InChI=1S/C13H19N3O3/c1-4-9(13(18)19)8-15-12(17)10-5-6-14-11(7-10)16(2)3/h5-7,9H,4,8H2,1-3H3,(H,15,17)(H,18,19). The minimum absolute atomic E-state index is 0.129. The third-order valence-corrected chi connectivity index (χ3v) is 2.82. The first-order valence-corrected chi connectivity index (χ1v) is 6.10. The summed E-state index contributed by atoms with van der Waals surface area (Å²) in [5.74, 6) is -1.06. The van der Waals surface area contributed by atoms with Gasteiger partial charge in [-0.15, -0.1) is 0 Å². The summed E-state index contributed by atoms with van der Waals surface area (Å²) in [7, 11) is 3.67. The molecule has 2 N–H and O–H groups in total. The van der Waals surface area contributed by atoms with Crippen LogP contribution in [-0.2, 0) is 4.79 Å². The largest absolute Gasteiger partial charge is 0.481 e. The van der Waals surface area contributed by atoms with E-state index in [0.29, 0.717) is 17.8 Å². The lowest BCUT2D eigenvalue weighted by molar-refractivity contribution is -0.141. The Morgan fingerprint density at radius 2 is 2.16 bits per heavy atom. The molecule has 6 nitrogen and oxygen atoms in total. The molecule has 0 radical (unpaired) electrons. The number of hydrogen-bond acceptors (Lipinski definition) is 4. The van der Waals surface area contributed by atoms with Gasteiger partial charge in [-0.2, -0.15) is 0 Å². The minimum Gasteiger partial charge on any atom is -0.481 e. The molecule has 0 aromatic carbocycles. The van der Waals surface area contributed by atoms with Crippen molar-refractivity contribution in [3.63, 3.8) is 0 Å². The van der Waals surface area contributed by atoms with E-state index < -0.39 is 11.9 Å². The molecule has 0 aliphatic carbocycles. The van der Waals surface area contributed by atoms with E-state index in [2.05, 4.69) is 10.3 Å². The summed E-state index contributed by atoms with van der Waals surface area (Å²) in [6.45, 7) is 1.91. The van der Waals surface area contributed by atoms with Gasteiger partial charge in [-0.05, 0) is 18.6 Å². The Kier molecular flexibility index (Phi) is 5.29. The van der Waals surface area contributed by atoms with E-state index in [1.165, 1.54) is 0 Å². The third-order valence-electron chi connectivity index (χ3n) is 2.82. The zero-order valence-corrected chi connectivity index (χ0v) is 11.4. The van der Waals surface area contributed by atoms with E-state index in [-0.39, 0.29) is 12.5 Å². The average Bonchev–Trinajstić information content (AvgIpc) is 2.38. The van der Waals surface area contributed by atoms with Gasteiger partial charge in [0.25, 0.3) is 5.91 Å². The summed E-state index contributed by atoms with van der Waals surface area (Å²) in [5.41, 5.74) is 0.471. The number of nitrogens with zero attached hydrogens (tertiary/aromatic N) is 2. The van der Waals surface area contributed by atoms with Crippen LogP contribution in [0.2, 0.25) is 0 Å². The molecule has 0 aliphatic heterocycles. The number of carbonyl (C=O) groups excluding carboxylic acids is 1. The van der Waals surface area contributed by atoms with Gasteiger partial charge in [0.2, 0.25) is 0 Å². The number of carboxylic acid groups (broad SMARTS) is 1. The van der Waals surface area contributed by atoms with Gasteiger partial charge in [0, 0.05) is 32.4 Å². The van der Waals surface area contributed by atoms with Crippen LogP contribution < -0.4 is 10.2 Å². The molecule has 1 aromatic rings.